The van der Waals surface area contributed by atoms with E-state index in [0.717, 1.165) is 16.7 Å². The number of carboxylic acids is 1. The fourth-order valence-electron chi connectivity index (χ4n) is 3.09. The zero-order chi connectivity index (χ0) is 21.7. The third kappa shape index (κ3) is 5.67. The van der Waals surface area contributed by atoms with Crippen molar-refractivity contribution in [2.24, 2.45) is 5.92 Å². The lowest BCUT2D eigenvalue weighted by atomic mass is 9.97. The Balaban J connectivity index is 2.20. The summed E-state index contributed by atoms with van der Waals surface area (Å²) in [5.74, 6) is -1.44. The van der Waals surface area contributed by atoms with E-state index in [1.165, 1.54) is 0 Å². The van der Waals surface area contributed by atoms with E-state index < -0.39 is 17.9 Å². The molecule has 6 heteroatoms. The summed E-state index contributed by atoms with van der Waals surface area (Å²) in [5.41, 5.74) is 4.05. The molecule has 0 heterocycles. The van der Waals surface area contributed by atoms with Crippen LogP contribution in [0.5, 0.6) is 0 Å². The number of benzene rings is 2. The molecule has 2 rings (SSSR count). The normalized spacial score (nSPS) is 11.8. The second-order valence-corrected chi connectivity index (χ2v) is 7.71. The molecule has 3 N–H and O–H groups in total. The zero-order valence-electron chi connectivity index (χ0n) is 17.5. The summed E-state index contributed by atoms with van der Waals surface area (Å²) >= 11 is 0. The van der Waals surface area contributed by atoms with E-state index in [0.29, 0.717) is 23.2 Å². The van der Waals surface area contributed by atoms with E-state index in [1.54, 1.807) is 37.3 Å². The summed E-state index contributed by atoms with van der Waals surface area (Å²) in [6.45, 7) is 9.46. The quantitative estimate of drug-likeness (QED) is 0.655. The Morgan fingerprint density at radius 2 is 1.69 bits per heavy atom. The van der Waals surface area contributed by atoms with E-state index in [9.17, 15) is 19.5 Å². The van der Waals surface area contributed by atoms with Gasteiger partial charge < -0.3 is 15.7 Å². The molecule has 0 saturated heterocycles. The Labute approximate surface area is 171 Å². The van der Waals surface area contributed by atoms with Gasteiger partial charge in [0.1, 0.15) is 0 Å². The lowest BCUT2D eigenvalue weighted by Crippen LogP contribution is -2.34. The van der Waals surface area contributed by atoms with Crippen LogP contribution in [0.3, 0.4) is 0 Å². The van der Waals surface area contributed by atoms with Crippen molar-refractivity contribution in [2.45, 2.75) is 47.1 Å². The maximum Gasteiger partial charge on any atom is 0.330 e. The first-order valence-electron chi connectivity index (χ1n) is 9.60. The molecule has 0 fully saturated rings. The van der Waals surface area contributed by atoms with E-state index in [2.05, 4.69) is 10.6 Å². The molecule has 2 aromatic rings. The van der Waals surface area contributed by atoms with Gasteiger partial charge in [0.05, 0.1) is 0 Å². The van der Waals surface area contributed by atoms with Gasteiger partial charge in [-0.2, -0.15) is 0 Å². The summed E-state index contributed by atoms with van der Waals surface area (Å²) in [5, 5.41) is 15.1. The summed E-state index contributed by atoms with van der Waals surface area (Å²) in [7, 11) is 0. The van der Waals surface area contributed by atoms with E-state index in [-0.39, 0.29) is 11.8 Å². The Morgan fingerprint density at radius 3 is 2.28 bits per heavy atom. The van der Waals surface area contributed by atoms with Gasteiger partial charge in [-0.1, -0.05) is 32.0 Å². The number of carbonyl (C=O) groups excluding carboxylic acids is 2. The van der Waals surface area contributed by atoms with Crippen LogP contribution in [0, 0.1) is 26.7 Å². The van der Waals surface area contributed by atoms with Crippen molar-refractivity contribution in [3.05, 3.63) is 64.2 Å². The van der Waals surface area contributed by atoms with Crippen LogP contribution in [-0.4, -0.2) is 22.9 Å². The first-order chi connectivity index (χ1) is 13.6. The van der Waals surface area contributed by atoms with Crippen LogP contribution in [0.1, 0.15) is 58.9 Å². The molecule has 0 aliphatic heterocycles. The van der Waals surface area contributed by atoms with E-state index >= 15 is 0 Å². The van der Waals surface area contributed by atoms with Gasteiger partial charge in [0.25, 0.3) is 5.91 Å². The maximum atomic E-state index is 12.7. The van der Waals surface area contributed by atoms with E-state index in [4.69, 9.17) is 0 Å². The van der Waals surface area contributed by atoms with Gasteiger partial charge in [-0.05, 0) is 67.1 Å². The standard InChI is InChI=1S/C23H28N2O4/c1-13(2)11-20(26)24-19-10-9-17(12-15(19)4)22(27)25-21(23(28)29)18-8-6-7-14(3)16(18)5/h6-10,12-13,21H,11H2,1-5H3,(H,24,26)(H,25,27)(H,28,29). The summed E-state index contributed by atoms with van der Waals surface area (Å²) in [6.07, 6.45) is 0.414. The molecule has 1 unspecified atom stereocenters. The minimum atomic E-state index is -1.15. The molecule has 0 bridgehead atoms. The number of carboxylic acid groups (broad SMARTS) is 1. The number of aryl methyl sites for hydroxylation is 2. The molecule has 2 aromatic carbocycles. The van der Waals surface area contributed by atoms with Crippen LogP contribution < -0.4 is 10.6 Å². The predicted molar refractivity (Wildman–Crippen MR) is 113 cm³/mol. The summed E-state index contributed by atoms with van der Waals surface area (Å²) in [6, 6.07) is 9.12. The van der Waals surface area contributed by atoms with Crippen molar-refractivity contribution in [3.63, 3.8) is 0 Å². The Morgan fingerprint density at radius 1 is 1.00 bits per heavy atom. The first-order valence-corrected chi connectivity index (χ1v) is 9.60. The number of amides is 2. The molecule has 0 saturated carbocycles. The molecule has 154 valence electrons. The molecular formula is C23H28N2O4. The smallest absolute Gasteiger partial charge is 0.330 e. The minimum absolute atomic E-state index is 0.0823. The molecule has 0 aliphatic carbocycles. The number of nitrogens with one attached hydrogen (secondary N) is 2. The van der Waals surface area contributed by atoms with E-state index in [1.807, 2.05) is 33.8 Å². The van der Waals surface area contributed by atoms with Crippen LogP contribution in [0.2, 0.25) is 0 Å². The van der Waals surface area contributed by atoms with Crippen LogP contribution in [-0.2, 0) is 9.59 Å². The molecule has 1 atom stereocenters. The molecule has 0 aromatic heterocycles. The van der Waals surface area contributed by atoms with Crippen LogP contribution >= 0.6 is 0 Å². The molecule has 2 amide bonds. The number of rotatable bonds is 7. The molecule has 0 spiro atoms. The van der Waals surface area contributed by atoms with Gasteiger partial charge in [-0.3, -0.25) is 9.59 Å². The molecule has 29 heavy (non-hydrogen) atoms. The number of carbonyl (C=O) groups is 3. The fraction of sp³-hybridized carbons (Fsp3) is 0.348. The predicted octanol–water partition coefficient (Wildman–Crippen LogP) is 4.15. The third-order valence-electron chi connectivity index (χ3n) is 4.84. The van der Waals surface area contributed by atoms with Crippen molar-refractivity contribution in [1.29, 1.82) is 0 Å². The maximum absolute atomic E-state index is 12.7. The topological polar surface area (TPSA) is 95.5 Å². The minimum Gasteiger partial charge on any atom is -0.479 e. The van der Waals surface area contributed by atoms with Crippen LogP contribution in [0.4, 0.5) is 5.69 Å². The lowest BCUT2D eigenvalue weighted by molar-refractivity contribution is -0.139. The highest BCUT2D eigenvalue weighted by molar-refractivity contribution is 5.98. The SMILES string of the molecule is Cc1cc(C(=O)NC(C(=O)O)c2cccc(C)c2C)ccc1NC(=O)CC(C)C. The van der Waals surface area contributed by atoms with Crippen LogP contribution in [0.15, 0.2) is 36.4 Å². The van der Waals surface area contributed by atoms with Gasteiger partial charge in [-0.25, -0.2) is 4.79 Å². The molecule has 6 nitrogen and oxygen atoms in total. The first kappa shape index (κ1) is 22.1. The monoisotopic (exact) mass is 396 g/mol. The van der Waals surface area contributed by atoms with Crippen molar-refractivity contribution in [2.75, 3.05) is 5.32 Å². The Hall–Kier alpha value is -3.15. The van der Waals surface area contributed by atoms with Gasteiger partial charge in [0, 0.05) is 17.7 Å². The second kappa shape index (κ2) is 9.37. The Kier molecular flexibility index (Phi) is 7.15. The molecular weight excluding hydrogens is 368 g/mol. The number of hydrogen-bond donors (Lipinski definition) is 3. The van der Waals surface area contributed by atoms with Crippen molar-refractivity contribution in [1.82, 2.24) is 5.32 Å². The largest absolute Gasteiger partial charge is 0.479 e. The average Bonchev–Trinajstić information content (AvgIpc) is 2.63. The van der Waals surface area contributed by atoms with Crippen molar-refractivity contribution >= 4 is 23.5 Å². The van der Waals surface area contributed by atoms with Crippen molar-refractivity contribution in [3.8, 4) is 0 Å². The highest BCUT2D eigenvalue weighted by atomic mass is 16.4. The zero-order valence-corrected chi connectivity index (χ0v) is 17.5. The lowest BCUT2D eigenvalue weighted by Gasteiger charge is -2.19. The Bertz CT molecular complexity index is 934. The van der Waals surface area contributed by atoms with Gasteiger partial charge in [0.15, 0.2) is 6.04 Å². The van der Waals surface area contributed by atoms with Gasteiger partial charge in [-0.15, -0.1) is 0 Å². The average molecular weight is 396 g/mol. The summed E-state index contributed by atoms with van der Waals surface area (Å²) in [4.78, 5) is 36.5. The number of hydrogen-bond acceptors (Lipinski definition) is 3. The fourth-order valence-corrected chi connectivity index (χ4v) is 3.09. The molecule has 0 aliphatic rings. The second-order valence-electron chi connectivity index (χ2n) is 7.71. The molecule has 0 radical (unpaired) electrons. The third-order valence-corrected chi connectivity index (χ3v) is 4.84. The highest BCUT2D eigenvalue weighted by Gasteiger charge is 2.25. The highest BCUT2D eigenvalue weighted by Crippen LogP contribution is 2.22. The number of anilines is 1. The van der Waals surface area contributed by atoms with Crippen molar-refractivity contribution < 1.29 is 19.5 Å². The van der Waals surface area contributed by atoms with Gasteiger partial charge in [0.2, 0.25) is 5.91 Å². The van der Waals surface area contributed by atoms with Gasteiger partial charge >= 0.3 is 5.97 Å². The van der Waals surface area contributed by atoms with Crippen LogP contribution in [0.25, 0.3) is 0 Å². The summed E-state index contributed by atoms with van der Waals surface area (Å²) < 4.78 is 0. The number of aliphatic carboxylic acids is 1.